The molecule has 0 amide bonds. The van der Waals surface area contributed by atoms with Gasteiger partial charge < -0.3 is 28.1 Å². The molecule has 2 aromatic carbocycles. The lowest BCUT2D eigenvalue weighted by atomic mass is 9.66. The van der Waals surface area contributed by atoms with Crippen molar-refractivity contribution in [3.05, 3.63) is 63.2 Å². The molecule has 0 radical (unpaired) electrons. The lowest BCUT2D eigenvalue weighted by Crippen LogP contribution is -3.34. The third kappa shape index (κ3) is 11.8. The Morgan fingerprint density at radius 2 is 0.932 bits per heavy atom. The molecule has 24 heteroatoms. The average molecular weight is 1230 g/mol. The van der Waals surface area contributed by atoms with E-state index in [-0.39, 0.29) is 36.5 Å². The molecular formula is C50H67F6IO14S3. The Bertz CT molecular complexity index is 2520. The van der Waals surface area contributed by atoms with Gasteiger partial charge in [-0.1, -0.05) is 93.5 Å². The summed E-state index contributed by atoms with van der Waals surface area (Å²) in [6.07, 6.45) is -3.49. The molecule has 6 atom stereocenters. The number of esters is 4. The van der Waals surface area contributed by atoms with E-state index in [1.54, 1.807) is 46.4 Å². The van der Waals surface area contributed by atoms with E-state index in [1.165, 1.54) is 39.0 Å². The predicted molar refractivity (Wildman–Crippen MR) is 256 cm³/mol. The Labute approximate surface area is 446 Å². The first-order valence-electron chi connectivity index (χ1n) is 23.7. The maximum Gasteiger partial charge on any atom is 0.368 e. The van der Waals surface area contributed by atoms with E-state index in [2.05, 4.69) is 99.5 Å². The summed E-state index contributed by atoms with van der Waals surface area (Å²) in [5.41, 5.74) is -4.12. The molecule has 5 aliphatic rings. The molecule has 2 aromatic rings. The SMILES string of the molecule is CC(C)(C)c1ccc([IH+])cc1.CC(C)(C)c1ccc([S+]2CCCC2)cc1.CC12CCC(C(=O)OCC(F)C(F)(F)S(=O)(=O)[O-])(OC1=O)C2(C)C.CC12CCC(C(=O)OCC(F)C(F)(F)S(=O)(=O)[O-])(OC1=O)C2(C)C. The minimum Gasteiger partial charge on any atom is -0.743 e. The fourth-order valence-electron chi connectivity index (χ4n) is 9.44. The fourth-order valence-corrected chi connectivity index (χ4v) is 12.9. The summed E-state index contributed by atoms with van der Waals surface area (Å²) in [6.45, 7) is 19.7. The van der Waals surface area contributed by atoms with Crippen molar-refractivity contribution in [1.82, 2.24) is 0 Å². The second-order valence-electron chi connectivity index (χ2n) is 22.7. The molecule has 2 aliphatic carbocycles. The lowest BCUT2D eigenvalue weighted by molar-refractivity contribution is -0.328. The normalized spacial score (nSPS) is 27.0. The molecule has 6 unspecified atom stereocenters. The van der Waals surface area contributed by atoms with Gasteiger partial charge in [0, 0.05) is 21.7 Å². The van der Waals surface area contributed by atoms with Crippen LogP contribution in [0.25, 0.3) is 0 Å². The second kappa shape index (κ2) is 21.6. The van der Waals surface area contributed by atoms with Crippen LogP contribution in [0.15, 0.2) is 53.4 Å². The second-order valence-corrected chi connectivity index (χ2v) is 29.2. The zero-order chi connectivity index (χ0) is 56.9. The van der Waals surface area contributed by atoms with Crippen molar-refractivity contribution < 1.29 is 113 Å². The van der Waals surface area contributed by atoms with Gasteiger partial charge in [0.25, 0.3) is 22.6 Å². The molecule has 5 fully saturated rings. The number of carbonyl (C=O) groups excluding carboxylic acids is 4. The fraction of sp³-hybridized carbons (Fsp3) is 0.680. The third-order valence-electron chi connectivity index (χ3n) is 15.7. The largest absolute Gasteiger partial charge is 0.743 e. The van der Waals surface area contributed by atoms with Gasteiger partial charge in [-0.3, -0.25) is 9.59 Å². The molecule has 418 valence electrons. The summed E-state index contributed by atoms with van der Waals surface area (Å²) in [7, 11) is -11.9. The number of hydrogen-bond acceptors (Lipinski definition) is 14. The predicted octanol–water partition coefficient (Wildman–Crippen LogP) is 5.45. The summed E-state index contributed by atoms with van der Waals surface area (Å²) in [5, 5.41) is -10.5. The molecular weight excluding hydrogens is 1160 g/mol. The van der Waals surface area contributed by atoms with Crippen LogP contribution in [-0.2, 0) is 80.1 Å². The quantitative estimate of drug-likeness (QED) is 0.0683. The van der Waals surface area contributed by atoms with Gasteiger partial charge in [0.15, 0.2) is 28.7 Å². The van der Waals surface area contributed by atoms with Crippen LogP contribution >= 0.6 is 0 Å². The Morgan fingerprint density at radius 3 is 1.19 bits per heavy atom. The number of ether oxygens (including phenoxy) is 4. The summed E-state index contributed by atoms with van der Waals surface area (Å²) in [6, 6.07) is 18.1. The molecule has 74 heavy (non-hydrogen) atoms. The van der Waals surface area contributed by atoms with Crippen molar-refractivity contribution in [3.63, 3.8) is 0 Å². The molecule has 4 bridgehead atoms. The number of fused-ring (bicyclic) bond motifs is 4. The summed E-state index contributed by atoms with van der Waals surface area (Å²) in [4.78, 5) is 50.1. The smallest absolute Gasteiger partial charge is 0.368 e. The summed E-state index contributed by atoms with van der Waals surface area (Å²) in [5.74, 6) is -0.948. The number of alkyl halides is 6. The minimum atomic E-state index is -6.26. The number of hydrogen-bond donors (Lipinski definition) is 0. The van der Waals surface area contributed by atoms with Gasteiger partial charge in [0.2, 0.25) is 23.5 Å². The van der Waals surface area contributed by atoms with Crippen LogP contribution in [0.2, 0.25) is 0 Å². The van der Waals surface area contributed by atoms with E-state index >= 15 is 0 Å². The van der Waals surface area contributed by atoms with E-state index < -0.39 is 113 Å². The average Bonchev–Trinajstić information content (AvgIpc) is 4.01. The first-order chi connectivity index (χ1) is 33.3. The molecule has 3 aliphatic heterocycles. The zero-order valence-corrected chi connectivity index (χ0v) is 48.2. The highest BCUT2D eigenvalue weighted by molar-refractivity contribution is 7.97. The van der Waals surface area contributed by atoms with Crippen LogP contribution in [0.3, 0.4) is 0 Å². The molecule has 0 N–H and O–H groups in total. The lowest BCUT2D eigenvalue weighted by Gasteiger charge is -2.34. The molecule has 2 saturated carbocycles. The monoisotopic (exact) mass is 1230 g/mol. The maximum atomic E-state index is 13.4. The molecule has 3 saturated heterocycles. The Hall–Kier alpha value is -3.20. The van der Waals surface area contributed by atoms with E-state index in [0.717, 1.165) is 0 Å². The Morgan fingerprint density at radius 1 is 0.622 bits per heavy atom. The van der Waals surface area contributed by atoms with Crippen molar-refractivity contribution in [3.8, 4) is 0 Å². The third-order valence-corrected chi connectivity index (χ3v) is 20.9. The van der Waals surface area contributed by atoms with Crippen LogP contribution < -0.4 is 22.6 Å². The number of rotatable bonds is 11. The van der Waals surface area contributed by atoms with Crippen molar-refractivity contribution in [2.24, 2.45) is 21.7 Å². The minimum absolute atomic E-state index is 0.0638. The maximum absolute atomic E-state index is 13.4. The van der Waals surface area contributed by atoms with Gasteiger partial charge in [-0.25, -0.2) is 35.2 Å². The van der Waals surface area contributed by atoms with E-state index in [1.807, 2.05) is 22.6 Å². The van der Waals surface area contributed by atoms with E-state index in [0.29, 0.717) is 10.9 Å². The van der Waals surface area contributed by atoms with Crippen LogP contribution in [0, 0.1) is 25.2 Å². The standard InChI is InChI=1S/C14H21S.2C13H17F3O7S.C10H14I/c1-14(2,3)12-6-8-13(9-7-12)15-10-4-5-11-15;2*1-10(2)11(3)4-5-12(10,23-8(11)17)9(18)22-6-7(14)13(15,16)24(19,20)21;1-10(2,3)8-4-6-9(11)7-5-8/h6-9H,4-5,10-11H2,1-3H3;2*7H,4-6H2,1-3H3,(H,19,20,21);4-7,11H,1-3H3/q+1;;;+1/p-2. The Kier molecular flexibility index (Phi) is 18.4. The molecule has 3 heterocycles. The highest BCUT2D eigenvalue weighted by atomic mass is 127. The van der Waals surface area contributed by atoms with Gasteiger partial charge in [0.1, 0.15) is 24.7 Å². The first-order valence-corrected chi connectivity index (χ1v) is 29.2. The Balaban J connectivity index is 0.000000223. The summed E-state index contributed by atoms with van der Waals surface area (Å²) < 4.78 is 162. The van der Waals surface area contributed by atoms with Crippen LogP contribution in [0.4, 0.5) is 26.3 Å². The van der Waals surface area contributed by atoms with Crippen molar-refractivity contribution in [2.45, 2.75) is 171 Å². The van der Waals surface area contributed by atoms with Gasteiger partial charge in [-0.2, -0.15) is 17.6 Å². The van der Waals surface area contributed by atoms with Crippen molar-refractivity contribution >= 4 is 55.0 Å². The van der Waals surface area contributed by atoms with E-state index in [9.17, 15) is 71.5 Å². The highest BCUT2D eigenvalue weighted by Crippen LogP contribution is 2.67. The zero-order valence-electron chi connectivity index (χ0n) is 43.5. The molecule has 14 nitrogen and oxygen atoms in total. The number of benzene rings is 2. The molecule has 0 spiro atoms. The van der Waals surface area contributed by atoms with Crippen molar-refractivity contribution in [2.75, 3.05) is 24.7 Å². The van der Waals surface area contributed by atoms with Crippen LogP contribution in [-0.4, -0.2) is 109 Å². The van der Waals surface area contributed by atoms with Gasteiger partial charge in [-0.15, -0.1) is 0 Å². The number of halogens is 7. The van der Waals surface area contributed by atoms with Gasteiger partial charge >= 0.3 is 34.4 Å². The van der Waals surface area contributed by atoms with Crippen LogP contribution in [0.5, 0.6) is 0 Å². The molecule has 7 rings (SSSR count). The highest BCUT2D eigenvalue weighted by Gasteiger charge is 2.78. The van der Waals surface area contributed by atoms with Crippen molar-refractivity contribution in [1.29, 1.82) is 0 Å². The van der Waals surface area contributed by atoms with E-state index in [4.69, 9.17) is 9.47 Å². The topological polar surface area (TPSA) is 220 Å². The molecule has 0 aromatic heterocycles. The van der Waals surface area contributed by atoms with Gasteiger partial charge in [0.05, 0.1) is 10.8 Å². The first kappa shape index (κ1) is 63.3. The van der Waals surface area contributed by atoms with Gasteiger partial charge in [-0.05, 0) is 98.6 Å². The summed E-state index contributed by atoms with van der Waals surface area (Å²) >= 11 is 2.05. The van der Waals surface area contributed by atoms with Crippen LogP contribution in [0.1, 0.15) is 133 Å². The number of carbonyl (C=O) groups is 4.